The molecule has 4 saturated heterocycles. The lowest BCUT2D eigenvalue weighted by atomic mass is 9.91. The van der Waals surface area contributed by atoms with E-state index < -0.39 is 23.5 Å². The predicted molar refractivity (Wildman–Crippen MR) is 182 cm³/mol. The van der Waals surface area contributed by atoms with Gasteiger partial charge in [0.2, 0.25) is 0 Å². The number of carbonyl (C=O) groups excluding carboxylic acids is 1. The minimum atomic E-state index is -0.770. The zero-order chi connectivity index (χ0) is 35.3. The first-order chi connectivity index (χ1) is 22.4. The lowest BCUT2D eigenvalue weighted by molar-refractivity contribution is -0.336. The molecule has 48 heavy (non-hydrogen) atoms. The molecule has 4 heterocycles. The van der Waals surface area contributed by atoms with Crippen LogP contribution in [0.2, 0.25) is 0 Å². The van der Waals surface area contributed by atoms with Crippen molar-refractivity contribution in [2.24, 2.45) is 17.8 Å². The average molecular weight is 683 g/mol. The Morgan fingerprint density at radius 2 is 1.25 bits per heavy atom. The number of aliphatic hydroxyl groups excluding tert-OH is 1. The van der Waals surface area contributed by atoms with E-state index in [0.29, 0.717) is 45.1 Å². The Labute approximate surface area is 289 Å². The number of hydrogen-bond donors (Lipinski definition) is 1. The van der Waals surface area contributed by atoms with E-state index in [1.807, 2.05) is 69.2 Å². The molecule has 4 aliphatic rings. The van der Waals surface area contributed by atoms with E-state index in [-0.39, 0.29) is 66.8 Å². The third-order valence-corrected chi connectivity index (χ3v) is 9.90. The molecule has 0 amide bonds. The highest BCUT2D eigenvalue weighted by atomic mass is 16.7. The molecule has 0 spiro atoms. The number of ether oxygens (including phenoxy) is 8. The van der Waals surface area contributed by atoms with E-state index in [4.69, 9.17) is 37.9 Å². The molecule has 0 saturated carbocycles. The first-order valence-electron chi connectivity index (χ1n) is 18.6. The van der Waals surface area contributed by atoms with Crippen LogP contribution >= 0.6 is 0 Å². The highest BCUT2D eigenvalue weighted by molar-refractivity contribution is 5.53. The van der Waals surface area contributed by atoms with Crippen molar-refractivity contribution >= 4 is 6.29 Å². The van der Waals surface area contributed by atoms with Gasteiger partial charge in [0.25, 0.3) is 0 Å². The number of carbonyl (C=O) groups is 1. The Hall–Kier alpha value is -0.950. The fourth-order valence-corrected chi connectivity index (χ4v) is 7.78. The maximum atomic E-state index is 11.5. The molecule has 0 radical (unpaired) electrons. The van der Waals surface area contributed by atoms with Crippen molar-refractivity contribution < 1.29 is 47.8 Å². The molecule has 10 heteroatoms. The molecule has 1 unspecified atom stereocenters. The van der Waals surface area contributed by atoms with E-state index in [2.05, 4.69) is 12.2 Å². The van der Waals surface area contributed by atoms with Crippen LogP contribution in [0.4, 0.5) is 0 Å². The summed E-state index contributed by atoms with van der Waals surface area (Å²) in [5.41, 5.74) is 0. The minimum Gasteiger partial charge on any atom is -0.392 e. The zero-order valence-electron chi connectivity index (χ0n) is 31.4. The minimum absolute atomic E-state index is 0.00190. The summed E-state index contributed by atoms with van der Waals surface area (Å²) in [4.78, 5) is 11.5. The third-order valence-electron chi connectivity index (χ3n) is 9.90. The van der Waals surface area contributed by atoms with Crippen LogP contribution in [0.1, 0.15) is 127 Å². The average Bonchev–Trinajstić information content (AvgIpc) is 2.96. The monoisotopic (exact) mass is 682 g/mol. The van der Waals surface area contributed by atoms with Crippen molar-refractivity contribution in [3.05, 3.63) is 12.2 Å². The lowest BCUT2D eigenvalue weighted by Crippen LogP contribution is -2.51. The second-order valence-electron chi connectivity index (χ2n) is 16.4. The van der Waals surface area contributed by atoms with Crippen LogP contribution in [0.15, 0.2) is 12.2 Å². The molecular weight excluding hydrogens is 616 g/mol. The van der Waals surface area contributed by atoms with Gasteiger partial charge in [-0.2, -0.15) is 0 Å². The summed E-state index contributed by atoms with van der Waals surface area (Å²) >= 11 is 0. The smallest absolute Gasteiger partial charge is 0.163 e. The Morgan fingerprint density at radius 3 is 1.77 bits per heavy atom. The zero-order valence-corrected chi connectivity index (χ0v) is 31.4. The molecule has 0 bridgehead atoms. The van der Waals surface area contributed by atoms with Gasteiger partial charge in [-0.3, -0.25) is 0 Å². The number of hydrogen-bond acceptors (Lipinski definition) is 10. The van der Waals surface area contributed by atoms with Gasteiger partial charge in [0.05, 0.1) is 48.8 Å². The summed E-state index contributed by atoms with van der Waals surface area (Å²) in [5.74, 6) is -2.33. The van der Waals surface area contributed by atoms with Gasteiger partial charge in [-0.25, -0.2) is 0 Å². The van der Waals surface area contributed by atoms with Crippen LogP contribution in [-0.2, 0) is 42.7 Å². The Balaban J connectivity index is 1.41. The molecule has 0 aromatic rings. The Morgan fingerprint density at radius 1 is 0.729 bits per heavy atom. The van der Waals surface area contributed by atoms with Gasteiger partial charge in [0.15, 0.2) is 23.7 Å². The second-order valence-corrected chi connectivity index (χ2v) is 16.4. The van der Waals surface area contributed by atoms with Gasteiger partial charge < -0.3 is 47.8 Å². The van der Waals surface area contributed by atoms with Gasteiger partial charge in [-0.05, 0) is 66.7 Å². The quantitative estimate of drug-likeness (QED) is 0.154. The fourth-order valence-electron chi connectivity index (χ4n) is 7.78. The van der Waals surface area contributed by atoms with E-state index in [0.717, 1.165) is 25.5 Å². The summed E-state index contributed by atoms with van der Waals surface area (Å²) in [6, 6.07) is 0. The van der Waals surface area contributed by atoms with Crippen LogP contribution in [0.5, 0.6) is 0 Å². The maximum absolute atomic E-state index is 11.5. The van der Waals surface area contributed by atoms with Gasteiger partial charge >= 0.3 is 0 Å². The first-order valence-corrected chi connectivity index (χ1v) is 18.6. The first kappa shape index (κ1) is 39.8. The Bertz CT molecular complexity index is 1020. The van der Waals surface area contributed by atoms with Crippen LogP contribution in [0.3, 0.4) is 0 Å². The largest absolute Gasteiger partial charge is 0.392 e. The molecule has 11 atom stereocenters. The summed E-state index contributed by atoms with van der Waals surface area (Å²) in [5, 5.41) is 10.6. The van der Waals surface area contributed by atoms with Crippen LogP contribution in [-0.4, -0.2) is 90.5 Å². The molecular formula is C38H66O10. The van der Waals surface area contributed by atoms with Crippen molar-refractivity contribution in [3.8, 4) is 0 Å². The van der Waals surface area contributed by atoms with Crippen molar-refractivity contribution in [2.75, 3.05) is 6.61 Å². The molecule has 278 valence electrons. The van der Waals surface area contributed by atoms with Crippen molar-refractivity contribution in [2.45, 2.75) is 200 Å². The maximum Gasteiger partial charge on any atom is 0.163 e. The predicted octanol–water partition coefficient (Wildman–Crippen LogP) is 6.84. The topological polar surface area (TPSA) is 111 Å². The van der Waals surface area contributed by atoms with E-state index in [1.54, 1.807) is 0 Å². The van der Waals surface area contributed by atoms with E-state index in [9.17, 15) is 9.90 Å². The summed E-state index contributed by atoms with van der Waals surface area (Å²) in [6.45, 7) is 20.4. The number of aldehydes is 1. The second kappa shape index (κ2) is 17.0. The van der Waals surface area contributed by atoms with E-state index >= 15 is 0 Å². The number of aliphatic hydroxyl groups is 1. The highest BCUT2D eigenvalue weighted by Gasteiger charge is 2.44. The molecule has 0 aromatic heterocycles. The molecule has 1 N–H and O–H groups in total. The van der Waals surface area contributed by atoms with Crippen molar-refractivity contribution in [1.29, 1.82) is 0 Å². The molecule has 10 nitrogen and oxygen atoms in total. The van der Waals surface area contributed by atoms with Gasteiger partial charge in [0.1, 0.15) is 6.29 Å². The summed E-state index contributed by atoms with van der Waals surface area (Å²) < 4.78 is 50.7. The summed E-state index contributed by atoms with van der Waals surface area (Å²) in [6.07, 6.45) is 10.8. The molecule has 4 aliphatic heterocycles. The van der Waals surface area contributed by atoms with Crippen LogP contribution in [0, 0.1) is 17.8 Å². The number of rotatable bonds is 14. The lowest BCUT2D eigenvalue weighted by Gasteiger charge is -2.47. The third kappa shape index (κ3) is 12.4. The van der Waals surface area contributed by atoms with Crippen LogP contribution in [0.25, 0.3) is 0 Å². The Kier molecular flexibility index (Phi) is 14.1. The molecule has 4 fully saturated rings. The summed E-state index contributed by atoms with van der Waals surface area (Å²) in [7, 11) is 0. The molecule has 0 aliphatic carbocycles. The molecule has 0 aromatic carbocycles. The normalized spacial score (nSPS) is 36.4. The fraction of sp³-hybridized carbons (Fsp3) is 0.921. The molecule has 4 rings (SSSR count). The van der Waals surface area contributed by atoms with Crippen molar-refractivity contribution in [3.63, 3.8) is 0 Å². The highest BCUT2D eigenvalue weighted by Crippen LogP contribution is 2.39. The van der Waals surface area contributed by atoms with Gasteiger partial charge in [-0.15, -0.1) is 0 Å². The van der Waals surface area contributed by atoms with Crippen LogP contribution < -0.4 is 0 Å². The SMILES string of the molecule is CC(C)[C@H](O)[C@@H](C)/C=C/[C@@H](C[C@H]1C[C@H](C[C@H]2C[C@H](C[C@@H]3C[C@H]([C@@H](C)C=O)OC(C)(C)O3)OC(C)(C)O2)OC(C)(C)O1)OC1CCCCO1. The van der Waals surface area contributed by atoms with Gasteiger partial charge in [-0.1, -0.05) is 39.8 Å². The standard InChI is InChI=1S/C38H66O10/c1-24(2)35(40)25(3)14-15-27(42-34-13-11-12-16-41-34)17-28-18-29(44-36(5,6)43-28)19-30-20-31(46-37(7,8)45-30)21-32-22-33(26(4)23-39)48-38(9,10)47-32/h14-15,23-35,40H,11-13,16-22H2,1-10H3/b15-14+/t25-,26-,27-,28-,29+,30-,31+,32+,33+,34?,35-/m0/s1. The van der Waals surface area contributed by atoms with E-state index in [1.165, 1.54) is 0 Å². The van der Waals surface area contributed by atoms with Gasteiger partial charge in [0, 0.05) is 57.0 Å². The van der Waals surface area contributed by atoms with Crippen molar-refractivity contribution in [1.82, 2.24) is 0 Å².